The second-order valence-corrected chi connectivity index (χ2v) is 5.15. The number of rotatable bonds is 8. The zero-order valence-electron chi connectivity index (χ0n) is 9.82. The standard InChI is InChI=1S/C12H22N2O2/c15-6-5-13-12(16)9-14(7-10-1-2-10)8-11-3-4-11/h10-11,15H,1-9H2,(H,13,16). The van der Waals surface area contributed by atoms with Crippen molar-refractivity contribution in [2.45, 2.75) is 25.7 Å². The normalized spacial score (nSPS) is 20.1. The highest BCUT2D eigenvalue weighted by molar-refractivity contribution is 5.77. The Hall–Kier alpha value is -0.610. The van der Waals surface area contributed by atoms with Crippen molar-refractivity contribution in [3.05, 3.63) is 0 Å². The fourth-order valence-electron chi connectivity index (χ4n) is 1.99. The molecule has 4 heteroatoms. The van der Waals surface area contributed by atoms with Crippen LogP contribution in [0.25, 0.3) is 0 Å². The van der Waals surface area contributed by atoms with Crippen molar-refractivity contribution in [2.75, 3.05) is 32.8 Å². The van der Waals surface area contributed by atoms with Crippen molar-refractivity contribution >= 4 is 5.91 Å². The van der Waals surface area contributed by atoms with Crippen LogP contribution in [0.15, 0.2) is 0 Å². The van der Waals surface area contributed by atoms with Gasteiger partial charge in [-0.2, -0.15) is 0 Å². The Morgan fingerprint density at radius 1 is 1.19 bits per heavy atom. The topological polar surface area (TPSA) is 52.6 Å². The van der Waals surface area contributed by atoms with Gasteiger partial charge in [0.15, 0.2) is 0 Å². The van der Waals surface area contributed by atoms with Crippen LogP contribution in [0.4, 0.5) is 0 Å². The van der Waals surface area contributed by atoms with Crippen LogP contribution in [0.2, 0.25) is 0 Å². The van der Waals surface area contributed by atoms with Gasteiger partial charge in [0, 0.05) is 19.6 Å². The van der Waals surface area contributed by atoms with Gasteiger partial charge < -0.3 is 10.4 Å². The van der Waals surface area contributed by atoms with Crippen molar-refractivity contribution < 1.29 is 9.90 Å². The number of amides is 1. The maximum absolute atomic E-state index is 11.6. The van der Waals surface area contributed by atoms with Gasteiger partial charge in [0.1, 0.15) is 0 Å². The number of carbonyl (C=O) groups excluding carboxylic acids is 1. The van der Waals surface area contributed by atoms with Crippen molar-refractivity contribution in [1.82, 2.24) is 10.2 Å². The summed E-state index contributed by atoms with van der Waals surface area (Å²) in [5, 5.41) is 11.4. The molecule has 0 bridgehead atoms. The molecule has 16 heavy (non-hydrogen) atoms. The Bertz CT molecular complexity index is 223. The van der Waals surface area contributed by atoms with Gasteiger partial charge in [0.25, 0.3) is 0 Å². The third-order valence-corrected chi connectivity index (χ3v) is 3.23. The van der Waals surface area contributed by atoms with Gasteiger partial charge in [-0.15, -0.1) is 0 Å². The second-order valence-electron chi connectivity index (χ2n) is 5.15. The van der Waals surface area contributed by atoms with Crippen molar-refractivity contribution in [3.8, 4) is 0 Å². The summed E-state index contributed by atoms with van der Waals surface area (Å²) in [7, 11) is 0. The molecule has 0 aromatic rings. The van der Waals surface area contributed by atoms with Crippen LogP contribution in [0.1, 0.15) is 25.7 Å². The van der Waals surface area contributed by atoms with Crippen LogP contribution >= 0.6 is 0 Å². The van der Waals surface area contributed by atoms with E-state index in [4.69, 9.17) is 5.11 Å². The molecule has 0 unspecified atom stereocenters. The number of hydrogen-bond donors (Lipinski definition) is 2. The molecule has 92 valence electrons. The predicted molar refractivity (Wildman–Crippen MR) is 62.0 cm³/mol. The summed E-state index contributed by atoms with van der Waals surface area (Å²) in [6.07, 6.45) is 5.33. The predicted octanol–water partition coefficient (Wildman–Crippen LogP) is 0.217. The molecule has 2 aliphatic rings. The van der Waals surface area contributed by atoms with Crippen LogP contribution in [0.5, 0.6) is 0 Å². The first kappa shape index (κ1) is 11.9. The molecule has 2 aliphatic carbocycles. The average Bonchev–Trinajstić information content (AvgIpc) is 3.10. The van der Waals surface area contributed by atoms with Crippen LogP contribution in [-0.2, 0) is 4.79 Å². The Morgan fingerprint density at radius 2 is 1.75 bits per heavy atom. The van der Waals surface area contributed by atoms with E-state index in [0.717, 1.165) is 24.9 Å². The molecule has 2 saturated carbocycles. The fraction of sp³-hybridized carbons (Fsp3) is 0.917. The lowest BCUT2D eigenvalue weighted by Crippen LogP contribution is -2.40. The smallest absolute Gasteiger partial charge is 0.234 e. The SMILES string of the molecule is O=C(CN(CC1CC1)CC1CC1)NCCO. The lowest BCUT2D eigenvalue weighted by atomic mass is 10.3. The van der Waals surface area contributed by atoms with E-state index in [2.05, 4.69) is 10.2 Å². The van der Waals surface area contributed by atoms with Crippen molar-refractivity contribution in [2.24, 2.45) is 11.8 Å². The van der Waals surface area contributed by atoms with Gasteiger partial charge in [-0.25, -0.2) is 0 Å². The third-order valence-electron chi connectivity index (χ3n) is 3.23. The van der Waals surface area contributed by atoms with Crippen molar-refractivity contribution in [1.29, 1.82) is 0 Å². The van der Waals surface area contributed by atoms with E-state index >= 15 is 0 Å². The maximum Gasteiger partial charge on any atom is 0.234 e. The molecule has 2 N–H and O–H groups in total. The highest BCUT2D eigenvalue weighted by Crippen LogP contribution is 2.33. The molecule has 0 spiro atoms. The molecular formula is C12H22N2O2. The minimum atomic E-state index is 0.0248. The van der Waals surface area contributed by atoms with E-state index in [-0.39, 0.29) is 12.5 Å². The number of nitrogens with zero attached hydrogens (tertiary/aromatic N) is 1. The minimum absolute atomic E-state index is 0.0248. The summed E-state index contributed by atoms with van der Waals surface area (Å²) in [5.41, 5.74) is 0. The zero-order chi connectivity index (χ0) is 11.4. The lowest BCUT2D eigenvalue weighted by Gasteiger charge is -2.21. The molecule has 0 saturated heterocycles. The molecule has 0 aromatic carbocycles. The molecule has 0 aromatic heterocycles. The number of aliphatic hydroxyl groups is 1. The Labute approximate surface area is 97.0 Å². The number of aliphatic hydroxyl groups excluding tert-OH is 1. The molecule has 0 aliphatic heterocycles. The molecule has 0 radical (unpaired) electrons. The molecule has 2 fully saturated rings. The van der Waals surface area contributed by atoms with E-state index in [0.29, 0.717) is 13.1 Å². The largest absolute Gasteiger partial charge is 0.395 e. The molecule has 0 heterocycles. The number of nitrogens with one attached hydrogen (secondary N) is 1. The molecule has 2 rings (SSSR count). The minimum Gasteiger partial charge on any atom is -0.395 e. The summed E-state index contributed by atoms with van der Waals surface area (Å²) >= 11 is 0. The van der Waals surface area contributed by atoms with Crippen molar-refractivity contribution in [3.63, 3.8) is 0 Å². The van der Waals surface area contributed by atoms with E-state index in [9.17, 15) is 4.79 Å². The molecule has 4 nitrogen and oxygen atoms in total. The van der Waals surface area contributed by atoms with Crippen LogP contribution in [0, 0.1) is 11.8 Å². The summed E-state index contributed by atoms with van der Waals surface area (Å²) in [6.45, 7) is 3.08. The monoisotopic (exact) mass is 226 g/mol. The number of carbonyl (C=O) groups is 1. The van der Waals surface area contributed by atoms with Gasteiger partial charge in [-0.3, -0.25) is 9.69 Å². The fourth-order valence-corrected chi connectivity index (χ4v) is 1.99. The highest BCUT2D eigenvalue weighted by atomic mass is 16.3. The Kier molecular flexibility index (Phi) is 4.18. The molecule has 0 atom stereocenters. The van der Waals surface area contributed by atoms with Crippen LogP contribution in [0.3, 0.4) is 0 Å². The number of hydrogen-bond acceptors (Lipinski definition) is 3. The average molecular weight is 226 g/mol. The highest BCUT2D eigenvalue weighted by Gasteiger charge is 2.29. The summed E-state index contributed by atoms with van der Waals surface area (Å²) < 4.78 is 0. The van der Waals surface area contributed by atoms with Gasteiger partial charge in [0.05, 0.1) is 13.2 Å². The first-order chi connectivity index (χ1) is 7.78. The summed E-state index contributed by atoms with van der Waals surface area (Å²) in [5.74, 6) is 1.73. The summed E-state index contributed by atoms with van der Waals surface area (Å²) in [6, 6.07) is 0. The van der Waals surface area contributed by atoms with Gasteiger partial charge >= 0.3 is 0 Å². The Morgan fingerprint density at radius 3 is 2.19 bits per heavy atom. The third kappa shape index (κ3) is 4.49. The van der Waals surface area contributed by atoms with E-state index in [1.165, 1.54) is 25.7 Å². The van der Waals surface area contributed by atoms with Gasteiger partial charge in [-0.05, 0) is 37.5 Å². The molecule has 1 amide bonds. The van der Waals surface area contributed by atoms with Gasteiger partial charge in [-0.1, -0.05) is 0 Å². The first-order valence-electron chi connectivity index (χ1n) is 6.38. The maximum atomic E-state index is 11.6. The second kappa shape index (κ2) is 5.64. The summed E-state index contributed by atoms with van der Waals surface area (Å²) in [4.78, 5) is 13.8. The Balaban J connectivity index is 1.68. The van der Waals surface area contributed by atoms with E-state index in [1.807, 2.05) is 0 Å². The van der Waals surface area contributed by atoms with Crippen LogP contribution in [-0.4, -0.2) is 48.7 Å². The quantitative estimate of drug-likeness (QED) is 0.622. The zero-order valence-corrected chi connectivity index (χ0v) is 9.82. The first-order valence-corrected chi connectivity index (χ1v) is 6.38. The van der Waals surface area contributed by atoms with Crippen LogP contribution < -0.4 is 5.32 Å². The van der Waals surface area contributed by atoms with Gasteiger partial charge in [0.2, 0.25) is 5.91 Å². The van der Waals surface area contributed by atoms with E-state index in [1.54, 1.807) is 0 Å². The lowest BCUT2D eigenvalue weighted by molar-refractivity contribution is -0.122. The molecular weight excluding hydrogens is 204 g/mol. The van der Waals surface area contributed by atoms with E-state index < -0.39 is 0 Å².